The minimum absolute atomic E-state index is 0.0688. The number of aryl methyl sites for hydroxylation is 2. The average molecular weight is 217 g/mol. The number of hydrogen-bond donors (Lipinski definition) is 0. The van der Waals surface area contributed by atoms with Gasteiger partial charge >= 0.3 is 0 Å². The predicted octanol–water partition coefficient (Wildman–Crippen LogP) is 2.99. The fraction of sp³-hybridized carbons (Fsp3) is 0.167. The van der Waals surface area contributed by atoms with Gasteiger partial charge in [-0.2, -0.15) is 0 Å². The second kappa shape index (κ2) is 3.95. The lowest BCUT2D eigenvalue weighted by Crippen LogP contribution is -2.04. The maximum atomic E-state index is 12.1. The standard InChI is InChI=1S/C12H11NOS/c1-8-10(4-3-6-13-8)12(14)11-5-7-15-9(11)2/h3-7H,1-2H3. The molecular formula is C12H11NOS. The zero-order valence-corrected chi connectivity index (χ0v) is 9.47. The SMILES string of the molecule is Cc1ncccc1C(=O)c1ccsc1C. The van der Waals surface area contributed by atoms with Gasteiger partial charge in [-0.3, -0.25) is 9.78 Å². The summed E-state index contributed by atoms with van der Waals surface area (Å²) in [5, 5.41) is 1.94. The fourth-order valence-corrected chi connectivity index (χ4v) is 2.19. The number of rotatable bonds is 2. The van der Waals surface area contributed by atoms with Gasteiger partial charge in [0.25, 0.3) is 0 Å². The number of thiophene rings is 1. The molecule has 15 heavy (non-hydrogen) atoms. The number of aromatic nitrogens is 1. The van der Waals surface area contributed by atoms with E-state index in [9.17, 15) is 4.79 Å². The van der Waals surface area contributed by atoms with Crippen LogP contribution in [-0.4, -0.2) is 10.8 Å². The molecule has 0 spiro atoms. The van der Waals surface area contributed by atoms with Crippen LogP contribution in [0.25, 0.3) is 0 Å². The highest BCUT2D eigenvalue weighted by atomic mass is 32.1. The third-order valence-corrected chi connectivity index (χ3v) is 3.20. The molecule has 76 valence electrons. The van der Waals surface area contributed by atoms with Crippen molar-refractivity contribution in [3.63, 3.8) is 0 Å². The molecule has 2 rings (SSSR count). The van der Waals surface area contributed by atoms with E-state index < -0.39 is 0 Å². The lowest BCUT2D eigenvalue weighted by molar-refractivity contribution is 0.103. The molecule has 0 radical (unpaired) electrons. The summed E-state index contributed by atoms with van der Waals surface area (Å²) >= 11 is 1.59. The number of hydrogen-bond acceptors (Lipinski definition) is 3. The minimum Gasteiger partial charge on any atom is -0.288 e. The van der Waals surface area contributed by atoms with Crippen molar-refractivity contribution in [2.24, 2.45) is 0 Å². The molecule has 2 nitrogen and oxygen atoms in total. The second-order valence-electron chi connectivity index (χ2n) is 3.36. The number of pyridine rings is 1. The first-order valence-electron chi connectivity index (χ1n) is 4.70. The molecule has 0 saturated carbocycles. The van der Waals surface area contributed by atoms with Crippen LogP contribution in [0, 0.1) is 13.8 Å². The summed E-state index contributed by atoms with van der Waals surface area (Å²) in [6.07, 6.45) is 1.70. The topological polar surface area (TPSA) is 30.0 Å². The van der Waals surface area contributed by atoms with E-state index in [1.807, 2.05) is 31.4 Å². The van der Waals surface area contributed by atoms with Gasteiger partial charge in [0, 0.05) is 27.9 Å². The molecule has 0 saturated heterocycles. The summed E-state index contributed by atoms with van der Waals surface area (Å²) in [4.78, 5) is 17.3. The monoisotopic (exact) mass is 217 g/mol. The summed E-state index contributed by atoms with van der Waals surface area (Å²) in [5.41, 5.74) is 2.27. The third kappa shape index (κ3) is 1.83. The Morgan fingerprint density at radius 1 is 1.27 bits per heavy atom. The Morgan fingerprint density at radius 3 is 2.67 bits per heavy atom. The average Bonchev–Trinajstić information content (AvgIpc) is 2.64. The zero-order chi connectivity index (χ0) is 10.8. The molecule has 2 aromatic rings. The van der Waals surface area contributed by atoms with Crippen LogP contribution in [0.15, 0.2) is 29.8 Å². The molecule has 3 heteroatoms. The van der Waals surface area contributed by atoms with E-state index in [-0.39, 0.29) is 5.78 Å². The van der Waals surface area contributed by atoms with E-state index in [4.69, 9.17) is 0 Å². The Hall–Kier alpha value is -1.48. The first kappa shape index (κ1) is 10.1. The Balaban J connectivity index is 2.46. The van der Waals surface area contributed by atoms with Crippen molar-refractivity contribution in [1.82, 2.24) is 4.98 Å². The number of nitrogens with zero attached hydrogens (tertiary/aromatic N) is 1. The molecule has 0 fully saturated rings. The maximum Gasteiger partial charge on any atom is 0.195 e. The number of carbonyl (C=O) groups is 1. The van der Waals surface area contributed by atoms with Crippen LogP contribution in [0.3, 0.4) is 0 Å². The summed E-state index contributed by atoms with van der Waals surface area (Å²) < 4.78 is 0. The van der Waals surface area contributed by atoms with Crippen molar-refractivity contribution < 1.29 is 4.79 Å². The summed E-state index contributed by atoms with van der Waals surface area (Å²) in [6.45, 7) is 3.82. The van der Waals surface area contributed by atoms with Gasteiger partial charge in [-0.05, 0) is 37.4 Å². The maximum absolute atomic E-state index is 12.1. The summed E-state index contributed by atoms with van der Waals surface area (Å²) in [5.74, 6) is 0.0688. The van der Waals surface area contributed by atoms with Gasteiger partial charge in [0.05, 0.1) is 0 Å². The Morgan fingerprint density at radius 2 is 2.07 bits per heavy atom. The Bertz CT molecular complexity index is 502. The molecule has 0 bridgehead atoms. The van der Waals surface area contributed by atoms with Crippen LogP contribution >= 0.6 is 11.3 Å². The Kier molecular flexibility index (Phi) is 2.64. The van der Waals surface area contributed by atoms with Gasteiger partial charge in [-0.15, -0.1) is 11.3 Å². The van der Waals surface area contributed by atoms with Gasteiger partial charge in [-0.25, -0.2) is 0 Å². The van der Waals surface area contributed by atoms with Crippen molar-refractivity contribution in [1.29, 1.82) is 0 Å². The van der Waals surface area contributed by atoms with Crippen molar-refractivity contribution in [2.75, 3.05) is 0 Å². The molecule has 2 heterocycles. The lowest BCUT2D eigenvalue weighted by atomic mass is 10.0. The molecule has 0 atom stereocenters. The number of carbonyl (C=O) groups excluding carboxylic acids is 1. The van der Waals surface area contributed by atoms with Crippen LogP contribution in [0.1, 0.15) is 26.5 Å². The van der Waals surface area contributed by atoms with Crippen molar-refractivity contribution in [3.8, 4) is 0 Å². The number of ketones is 1. The smallest absolute Gasteiger partial charge is 0.195 e. The van der Waals surface area contributed by atoms with Gasteiger partial charge in [0.15, 0.2) is 5.78 Å². The van der Waals surface area contributed by atoms with Crippen LogP contribution in [-0.2, 0) is 0 Å². The normalized spacial score (nSPS) is 10.3. The largest absolute Gasteiger partial charge is 0.288 e. The minimum atomic E-state index is 0.0688. The van der Waals surface area contributed by atoms with E-state index in [0.717, 1.165) is 16.1 Å². The highest BCUT2D eigenvalue weighted by Gasteiger charge is 2.14. The summed E-state index contributed by atoms with van der Waals surface area (Å²) in [6, 6.07) is 5.48. The molecule has 0 N–H and O–H groups in total. The highest BCUT2D eigenvalue weighted by molar-refractivity contribution is 7.10. The van der Waals surface area contributed by atoms with E-state index in [1.54, 1.807) is 23.6 Å². The quantitative estimate of drug-likeness (QED) is 0.724. The lowest BCUT2D eigenvalue weighted by Gasteiger charge is -2.02. The Labute approximate surface area is 92.6 Å². The van der Waals surface area contributed by atoms with Gasteiger partial charge < -0.3 is 0 Å². The van der Waals surface area contributed by atoms with Crippen LogP contribution in [0.2, 0.25) is 0 Å². The van der Waals surface area contributed by atoms with Crippen molar-refractivity contribution >= 4 is 17.1 Å². The summed E-state index contributed by atoms with van der Waals surface area (Å²) in [7, 11) is 0. The van der Waals surface area contributed by atoms with Crippen LogP contribution in [0.5, 0.6) is 0 Å². The first-order valence-corrected chi connectivity index (χ1v) is 5.58. The third-order valence-electron chi connectivity index (χ3n) is 2.36. The molecule has 0 amide bonds. The van der Waals surface area contributed by atoms with Gasteiger partial charge in [0.1, 0.15) is 0 Å². The van der Waals surface area contributed by atoms with E-state index >= 15 is 0 Å². The van der Waals surface area contributed by atoms with Gasteiger partial charge in [-0.1, -0.05) is 0 Å². The van der Waals surface area contributed by atoms with E-state index in [1.165, 1.54) is 0 Å². The van der Waals surface area contributed by atoms with E-state index in [0.29, 0.717) is 5.56 Å². The van der Waals surface area contributed by atoms with Gasteiger partial charge in [0.2, 0.25) is 0 Å². The molecule has 0 aliphatic heterocycles. The molecule has 0 aliphatic rings. The van der Waals surface area contributed by atoms with E-state index in [2.05, 4.69) is 4.98 Å². The highest BCUT2D eigenvalue weighted by Crippen LogP contribution is 2.19. The molecular weight excluding hydrogens is 206 g/mol. The molecule has 0 unspecified atom stereocenters. The van der Waals surface area contributed by atoms with Crippen molar-refractivity contribution in [2.45, 2.75) is 13.8 Å². The molecule has 0 aliphatic carbocycles. The molecule has 2 aromatic heterocycles. The molecule has 0 aromatic carbocycles. The van der Waals surface area contributed by atoms with Crippen molar-refractivity contribution in [3.05, 3.63) is 51.5 Å². The fourth-order valence-electron chi connectivity index (χ4n) is 1.49. The second-order valence-corrected chi connectivity index (χ2v) is 4.48. The zero-order valence-electron chi connectivity index (χ0n) is 8.65. The van der Waals surface area contributed by atoms with Crippen LogP contribution in [0.4, 0.5) is 0 Å². The van der Waals surface area contributed by atoms with Crippen LogP contribution < -0.4 is 0 Å². The predicted molar refractivity (Wildman–Crippen MR) is 61.5 cm³/mol. The first-order chi connectivity index (χ1) is 7.20.